The fourth-order valence-electron chi connectivity index (χ4n) is 1.62. The number of aliphatic hydroxyl groups excluding tert-OH is 1. The zero-order valence-corrected chi connectivity index (χ0v) is 9.66. The number of rotatable bonds is 5. The van der Waals surface area contributed by atoms with Crippen molar-refractivity contribution in [3.8, 4) is 0 Å². The summed E-state index contributed by atoms with van der Waals surface area (Å²) in [7, 11) is 0. The van der Waals surface area contributed by atoms with E-state index in [1.54, 1.807) is 0 Å². The second kappa shape index (κ2) is 5.63. The van der Waals surface area contributed by atoms with Gasteiger partial charge in [-0.3, -0.25) is 4.79 Å². The number of amides is 1. The second-order valence-corrected chi connectivity index (χ2v) is 4.05. The van der Waals surface area contributed by atoms with Crippen molar-refractivity contribution in [2.24, 2.45) is 5.73 Å². The number of carbonyl (C=O) groups excluding carboxylic acids is 1. The van der Waals surface area contributed by atoms with Crippen LogP contribution in [0.5, 0.6) is 0 Å². The molecule has 0 bridgehead atoms. The fraction of sp³-hybridized carbons (Fsp3) is 0.417. The van der Waals surface area contributed by atoms with E-state index in [0.717, 1.165) is 5.56 Å². The average Bonchev–Trinajstić information content (AvgIpc) is 2.15. The molecular weight excluding hydrogens is 204 g/mol. The molecule has 88 valence electrons. The Morgan fingerprint density at radius 2 is 1.94 bits per heavy atom. The number of aryl methyl sites for hydroxylation is 2. The van der Waals surface area contributed by atoms with Gasteiger partial charge in [-0.1, -0.05) is 29.3 Å². The number of primary amides is 1. The van der Waals surface area contributed by atoms with Crippen LogP contribution in [0.25, 0.3) is 0 Å². The van der Waals surface area contributed by atoms with Crippen LogP contribution in [0.1, 0.15) is 16.7 Å². The van der Waals surface area contributed by atoms with E-state index in [0.29, 0.717) is 6.54 Å². The molecule has 1 unspecified atom stereocenters. The Balaban J connectivity index is 2.46. The third-order valence-electron chi connectivity index (χ3n) is 2.28. The monoisotopic (exact) mass is 222 g/mol. The lowest BCUT2D eigenvalue weighted by atomic mass is 10.1. The summed E-state index contributed by atoms with van der Waals surface area (Å²) in [5.74, 6) is -0.701. The SMILES string of the molecule is Cc1cc(C)cc(CNCC(O)C(N)=O)c1. The highest BCUT2D eigenvalue weighted by Gasteiger charge is 2.09. The van der Waals surface area contributed by atoms with Crippen molar-refractivity contribution in [2.75, 3.05) is 6.54 Å². The second-order valence-electron chi connectivity index (χ2n) is 4.05. The summed E-state index contributed by atoms with van der Waals surface area (Å²) in [6.07, 6.45) is -1.12. The Bertz CT molecular complexity index is 357. The first-order valence-corrected chi connectivity index (χ1v) is 5.24. The van der Waals surface area contributed by atoms with E-state index in [1.807, 2.05) is 13.8 Å². The lowest BCUT2D eigenvalue weighted by molar-refractivity contribution is -0.125. The summed E-state index contributed by atoms with van der Waals surface area (Å²) < 4.78 is 0. The van der Waals surface area contributed by atoms with Crippen molar-refractivity contribution in [1.82, 2.24) is 5.32 Å². The van der Waals surface area contributed by atoms with Crippen molar-refractivity contribution in [1.29, 1.82) is 0 Å². The maximum absolute atomic E-state index is 10.6. The van der Waals surface area contributed by atoms with Crippen molar-refractivity contribution >= 4 is 5.91 Å². The molecule has 1 atom stereocenters. The summed E-state index contributed by atoms with van der Waals surface area (Å²) in [6, 6.07) is 6.23. The normalized spacial score (nSPS) is 12.4. The lowest BCUT2D eigenvalue weighted by Gasteiger charge is -2.09. The molecule has 1 aromatic rings. The van der Waals surface area contributed by atoms with Gasteiger partial charge in [0.2, 0.25) is 5.91 Å². The van der Waals surface area contributed by atoms with Gasteiger partial charge in [0, 0.05) is 13.1 Å². The van der Waals surface area contributed by atoms with Gasteiger partial charge in [0.15, 0.2) is 0 Å². The van der Waals surface area contributed by atoms with Gasteiger partial charge >= 0.3 is 0 Å². The number of nitrogens with one attached hydrogen (secondary N) is 1. The summed E-state index contributed by atoms with van der Waals surface area (Å²) in [4.78, 5) is 10.6. The molecule has 0 saturated heterocycles. The molecule has 0 saturated carbocycles. The predicted octanol–water partition coefficient (Wildman–Crippen LogP) is 0.239. The van der Waals surface area contributed by atoms with Gasteiger partial charge in [0.05, 0.1) is 0 Å². The smallest absolute Gasteiger partial charge is 0.247 e. The average molecular weight is 222 g/mol. The van der Waals surface area contributed by atoms with Crippen LogP contribution >= 0.6 is 0 Å². The van der Waals surface area contributed by atoms with Gasteiger partial charge in [-0.15, -0.1) is 0 Å². The fourth-order valence-corrected chi connectivity index (χ4v) is 1.62. The molecule has 0 aromatic heterocycles. The van der Waals surface area contributed by atoms with Gasteiger partial charge in [0.1, 0.15) is 6.10 Å². The quantitative estimate of drug-likeness (QED) is 0.668. The molecular formula is C12H18N2O2. The molecule has 0 spiro atoms. The Morgan fingerprint density at radius 3 is 2.44 bits per heavy atom. The van der Waals surface area contributed by atoms with Crippen LogP contribution in [0, 0.1) is 13.8 Å². The summed E-state index contributed by atoms with van der Waals surface area (Å²) in [5.41, 5.74) is 8.47. The lowest BCUT2D eigenvalue weighted by Crippen LogP contribution is -2.37. The van der Waals surface area contributed by atoms with E-state index in [-0.39, 0.29) is 6.54 Å². The molecule has 0 aliphatic heterocycles. The molecule has 4 N–H and O–H groups in total. The van der Waals surface area contributed by atoms with Crippen molar-refractivity contribution in [3.63, 3.8) is 0 Å². The first-order valence-electron chi connectivity index (χ1n) is 5.24. The minimum Gasteiger partial charge on any atom is -0.382 e. The van der Waals surface area contributed by atoms with Crippen LogP contribution < -0.4 is 11.1 Å². The topological polar surface area (TPSA) is 75.3 Å². The molecule has 0 aliphatic carbocycles. The highest BCUT2D eigenvalue weighted by atomic mass is 16.3. The highest BCUT2D eigenvalue weighted by Crippen LogP contribution is 2.08. The molecule has 16 heavy (non-hydrogen) atoms. The van der Waals surface area contributed by atoms with E-state index in [9.17, 15) is 9.90 Å². The Labute approximate surface area is 95.5 Å². The third kappa shape index (κ3) is 4.00. The third-order valence-corrected chi connectivity index (χ3v) is 2.28. The number of carbonyl (C=O) groups is 1. The molecule has 1 aromatic carbocycles. The molecule has 0 aliphatic rings. The summed E-state index contributed by atoms with van der Waals surface area (Å²) >= 11 is 0. The van der Waals surface area contributed by atoms with Crippen LogP contribution in [0.4, 0.5) is 0 Å². The summed E-state index contributed by atoms with van der Waals surface area (Å²) in [5, 5.41) is 12.2. The van der Waals surface area contributed by atoms with Gasteiger partial charge in [0.25, 0.3) is 0 Å². The number of nitrogens with two attached hydrogens (primary N) is 1. The van der Waals surface area contributed by atoms with Gasteiger partial charge in [-0.05, 0) is 19.4 Å². The van der Waals surface area contributed by atoms with Crippen LogP contribution in [0.2, 0.25) is 0 Å². The van der Waals surface area contributed by atoms with Crippen molar-refractivity contribution in [2.45, 2.75) is 26.5 Å². The molecule has 0 heterocycles. The minimum atomic E-state index is -1.12. The molecule has 0 radical (unpaired) electrons. The van der Waals surface area contributed by atoms with E-state index in [1.165, 1.54) is 11.1 Å². The number of hydrogen-bond donors (Lipinski definition) is 3. The van der Waals surface area contributed by atoms with E-state index >= 15 is 0 Å². The van der Waals surface area contributed by atoms with Gasteiger partial charge < -0.3 is 16.2 Å². The summed E-state index contributed by atoms with van der Waals surface area (Å²) in [6.45, 7) is 4.87. The predicted molar refractivity (Wildman–Crippen MR) is 62.8 cm³/mol. The Kier molecular flexibility index (Phi) is 4.46. The highest BCUT2D eigenvalue weighted by molar-refractivity contribution is 5.78. The Hall–Kier alpha value is -1.39. The maximum Gasteiger partial charge on any atom is 0.247 e. The number of hydrogen-bond acceptors (Lipinski definition) is 3. The van der Waals surface area contributed by atoms with E-state index < -0.39 is 12.0 Å². The molecule has 0 fully saturated rings. The minimum absolute atomic E-state index is 0.183. The van der Waals surface area contributed by atoms with Crippen LogP contribution in [-0.4, -0.2) is 23.7 Å². The van der Waals surface area contributed by atoms with E-state index in [4.69, 9.17) is 5.73 Å². The molecule has 4 heteroatoms. The molecule has 4 nitrogen and oxygen atoms in total. The van der Waals surface area contributed by atoms with Crippen LogP contribution in [0.15, 0.2) is 18.2 Å². The Morgan fingerprint density at radius 1 is 1.38 bits per heavy atom. The van der Waals surface area contributed by atoms with Gasteiger partial charge in [-0.25, -0.2) is 0 Å². The standard InChI is InChI=1S/C12H18N2O2/c1-8-3-9(2)5-10(4-8)6-14-7-11(15)12(13)16/h3-5,11,14-15H,6-7H2,1-2H3,(H2,13,16). The van der Waals surface area contributed by atoms with Crippen LogP contribution in [0.3, 0.4) is 0 Å². The van der Waals surface area contributed by atoms with Gasteiger partial charge in [-0.2, -0.15) is 0 Å². The van der Waals surface area contributed by atoms with Crippen molar-refractivity contribution < 1.29 is 9.90 Å². The maximum atomic E-state index is 10.6. The zero-order valence-electron chi connectivity index (χ0n) is 9.66. The first-order chi connectivity index (χ1) is 7.49. The largest absolute Gasteiger partial charge is 0.382 e. The van der Waals surface area contributed by atoms with Crippen LogP contribution in [-0.2, 0) is 11.3 Å². The van der Waals surface area contributed by atoms with Crippen molar-refractivity contribution in [3.05, 3.63) is 34.9 Å². The first kappa shape index (κ1) is 12.7. The number of aliphatic hydroxyl groups is 1. The molecule has 1 rings (SSSR count). The molecule has 1 amide bonds. The number of benzene rings is 1. The van der Waals surface area contributed by atoms with E-state index in [2.05, 4.69) is 23.5 Å². The zero-order chi connectivity index (χ0) is 12.1.